The van der Waals surface area contributed by atoms with E-state index in [1.54, 1.807) is 23.9 Å². The predicted molar refractivity (Wildman–Crippen MR) is 121 cm³/mol. The van der Waals surface area contributed by atoms with E-state index in [0.29, 0.717) is 6.54 Å². The molecule has 2 heterocycles. The number of aliphatic hydroxyl groups excluding tert-OH is 1. The molecule has 0 aliphatic carbocycles. The van der Waals surface area contributed by atoms with E-state index >= 15 is 0 Å². The van der Waals surface area contributed by atoms with Gasteiger partial charge in [-0.25, -0.2) is 14.0 Å². The molecule has 10 nitrogen and oxygen atoms in total. The Kier molecular flexibility index (Phi) is 11.2. The highest BCUT2D eigenvalue weighted by molar-refractivity contribution is 7.99. The molecule has 0 saturated carbocycles. The minimum Gasteiger partial charge on any atom is -0.473 e. The van der Waals surface area contributed by atoms with Crippen molar-refractivity contribution in [2.45, 2.75) is 37.4 Å². The summed E-state index contributed by atoms with van der Waals surface area (Å²) < 4.78 is 15.5. The van der Waals surface area contributed by atoms with Crippen molar-refractivity contribution >= 4 is 23.7 Å². The van der Waals surface area contributed by atoms with Crippen LogP contribution < -0.4 is 5.32 Å². The SMILES string of the molecule is CC(c1nnc(SCCNCCO)n1-c1ccc(F)cc1)N1CCCCC1.O=C(O)C(=O)O. The average molecular weight is 484 g/mol. The number of nitrogens with one attached hydrogen (secondary N) is 1. The number of rotatable bonds is 9. The predicted octanol–water partition coefficient (Wildman–Crippen LogP) is 1.78. The van der Waals surface area contributed by atoms with Crippen molar-refractivity contribution in [2.75, 3.05) is 38.5 Å². The zero-order chi connectivity index (χ0) is 24.2. The Labute approximate surface area is 195 Å². The number of thioether (sulfide) groups is 1. The molecule has 0 radical (unpaired) electrons. The molecule has 1 aliphatic heterocycles. The normalized spacial score (nSPS) is 14.9. The first kappa shape index (κ1) is 26.7. The van der Waals surface area contributed by atoms with E-state index in [-0.39, 0.29) is 18.5 Å². The van der Waals surface area contributed by atoms with Crippen LogP contribution in [0.25, 0.3) is 5.69 Å². The van der Waals surface area contributed by atoms with Crippen LogP contribution in [0.5, 0.6) is 0 Å². The van der Waals surface area contributed by atoms with Gasteiger partial charge in [0.05, 0.1) is 12.6 Å². The van der Waals surface area contributed by atoms with Crippen molar-refractivity contribution < 1.29 is 29.3 Å². The maximum absolute atomic E-state index is 13.4. The summed E-state index contributed by atoms with van der Waals surface area (Å²) in [5.41, 5.74) is 0.881. The molecule has 1 aromatic carbocycles. The highest BCUT2D eigenvalue weighted by Crippen LogP contribution is 2.29. The zero-order valence-corrected chi connectivity index (χ0v) is 19.3. The smallest absolute Gasteiger partial charge is 0.414 e. The largest absolute Gasteiger partial charge is 0.473 e. The van der Waals surface area contributed by atoms with Gasteiger partial charge in [-0.3, -0.25) is 9.47 Å². The van der Waals surface area contributed by atoms with Gasteiger partial charge in [0.15, 0.2) is 11.0 Å². The van der Waals surface area contributed by atoms with Gasteiger partial charge in [-0.2, -0.15) is 0 Å². The average Bonchev–Trinajstić information content (AvgIpc) is 3.23. The van der Waals surface area contributed by atoms with Crippen LogP contribution in [0.3, 0.4) is 0 Å². The van der Waals surface area contributed by atoms with Gasteiger partial charge in [-0.15, -0.1) is 10.2 Å². The molecule has 2 aromatic rings. The number of hydrogen-bond donors (Lipinski definition) is 4. The van der Waals surface area contributed by atoms with Crippen LogP contribution in [0.2, 0.25) is 0 Å². The summed E-state index contributed by atoms with van der Waals surface area (Å²) in [7, 11) is 0. The molecule has 0 bridgehead atoms. The van der Waals surface area contributed by atoms with E-state index in [2.05, 4.69) is 31.9 Å². The number of carboxylic acid groups (broad SMARTS) is 2. The first-order valence-electron chi connectivity index (χ1n) is 10.7. The lowest BCUT2D eigenvalue weighted by atomic mass is 10.1. The highest BCUT2D eigenvalue weighted by atomic mass is 32.2. The number of benzene rings is 1. The van der Waals surface area contributed by atoms with Crippen molar-refractivity contribution in [3.05, 3.63) is 35.9 Å². The molecular weight excluding hydrogens is 453 g/mol. The Hall–Kier alpha value is -2.54. The summed E-state index contributed by atoms with van der Waals surface area (Å²) >= 11 is 1.61. The summed E-state index contributed by atoms with van der Waals surface area (Å²) in [5.74, 6) is -2.18. The van der Waals surface area contributed by atoms with Gasteiger partial charge in [0.1, 0.15) is 5.82 Å². The molecule has 33 heavy (non-hydrogen) atoms. The van der Waals surface area contributed by atoms with E-state index in [9.17, 15) is 4.39 Å². The van der Waals surface area contributed by atoms with E-state index in [4.69, 9.17) is 24.9 Å². The molecule has 0 spiro atoms. The topological polar surface area (TPSA) is 141 Å². The van der Waals surface area contributed by atoms with Crippen molar-refractivity contribution in [1.82, 2.24) is 25.0 Å². The Bertz CT molecular complexity index is 878. The summed E-state index contributed by atoms with van der Waals surface area (Å²) in [6.45, 7) is 5.82. The molecule has 1 fully saturated rings. The number of carboxylic acids is 2. The number of hydrogen-bond acceptors (Lipinski definition) is 8. The number of piperidine rings is 1. The highest BCUT2D eigenvalue weighted by Gasteiger charge is 2.25. The van der Waals surface area contributed by atoms with Crippen molar-refractivity contribution in [3.8, 4) is 5.69 Å². The number of likely N-dealkylation sites (tertiary alicyclic amines) is 1. The molecule has 1 unspecified atom stereocenters. The number of nitrogens with zero attached hydrogens (tertiary/aromatic N) is 4. The molecule has 182 valence electrons. The fourth-order valence-electron chi connectivity index (χ4n) is 3.37. The fourth-order valence-corrected chi connectivity index (χ4v) is 4.22. The van der Waals surface area contributed by atoms with Crippen LogP contribution in [0.4, 0.5) is 4.39 Å². The summed E-state index contributed by atoms with van der Waals surface area (Å²) in [4.78, 5) is 20.6. The van der Waals surface area contributed by atoms with Crippen molar-refractivity contribution in [1.29, 1.82) is 0 Å². The molecule has 0 amide bonds. The molecule has 12 heteroatoms. The van der Waals surface area contributed by atoms with Gasteiger partial charge < -0.3 is 20.6 Å². The third-order valence-corrected chi connectivity index (χ3v) is 5.97. The zero-order valence-electron chi connectivity index (χ0n) is 18.5. The van der Waals surface area contributed by atoms with Crippen LogP contribution >= 0.6 is 11.8 Å². The second-order valence-electron chi connectivity index (χ2n) is 7.36. The lowest BCUT2D eigenvalue weighted by Gasteiger charge is -2.31. The summed E-state index contributed by atoms with van der Waals surface area (Å²) in [6, 6.07) is 6.66. The van der Waals surface area contributed by atoms with Crippen LogP contribution in [0.1, 0.15) is 38.1 Å². The number of halogens is 1. The van der Waals surface area contributed by atoms with Gasteiger partial charge in [0.2, 0.25) is 0 Å². The maximum atomic E-state index is 13.4. The van der Waals surface area contributed by atoms with Gasteiger partial charge in [-0.1, -0.05) is 18.2 Å². The Morgan fingerprint density at radius 1 is 1.09 bits per heavy atom. The second kappa shape index (κ2) is 13.9. The van der Waals surface area contributed by atoms with Crippen molar-refractivity contribution in [2.24, 2.45) is 0 Å². The monoisotopic (exact) mass is 483 g/mol. The molecule has 1 aromatic heterocycles. The number of aliphatic hydroxyl groups is 1. The molecule has 1 saturated heterocycles. The van der Waals surface area contributed by atoms with Crippen LogP contribution in [-0.2, 0) is 9.59 Å². The molecule has 1 aliphatic rings. The van der Waals surface area contributed by atoms with E-state index in [0.717, 1.165) is 42.1 Å². The Morgan fingerprint density at radius 2 is 1.73 bits per heavy atom. The number of aliphatic carboxylic acids is 2. The second-order valence-corrected chi connectivity index (χ2v) is 8.42. The fraction of sp³-hybridized carbons (Fsp3) is 0.524. The first-order valence-corrected chi connectivity index (χ1v) is 11.7. The first-order chi connectivity index (χ1) is 15.8. The Balaban J connectivity index is 0.000000569. The van der Waals surface area contributed by atoms with Gasteiger partial charge in [0.25, 0.3) is 0 Å². The minimum absolute atomic E-state index is 0.133. The van der Waals surface area contributed by atoms with Crippen molar-refractivity contribution in [3.63, 3.8) is 0 Å². The summed E-state index contributed by atoms with van der Waals surface area (Å²) in [5, 5.41) is 36.5. The maximum Gasteiger partial charge on any atom is 0.414 e. The molecular formula is C21H30FN5O5S. The lowest BCUT2D eigenvalue weighted by molar-refractivity contribution is -0.159. The van der Waals surface area contributed by atoms with Crippen LogP contribution in [0, 0.1) is 5.82 Å². The number of aromatic nitrogens is 3. The van der Waals surface area contributed by atoms with Gasteiger partial charge in [0, 0.05) is 24.5 Å². The third-order valence-electron chi connectivity index (χ3n) is 5.04. The third kappa shape index (κ3) is 8.39. The van der Waals surface area contributed by atoms with Gasteiger partial charge >= 0.3 is 11.9 Å². The minimum atomic E-state index is -1.82. The quantitative estimate of drug-likeness (QED) is 0.237. The van der Waals surface area contributed by atoms with Crippen LogP contribution in [-0.4, -0.2) is 85.5 Å². The summed E-state index contributed by atoms with van der Waals surface area (Å²) in [6.07, 6.45) is 3.72. The van der Waals surface area contributed by atoms with E-state index in [1.165, 1.54) is 31.4 Å². The lowest BCUT2D eigenvalue weighted by Crippen LogP contribution is -2.33. The number of carbonyl (C=O) groups is 2. The Morgan fingerprint density at radius 3 is 2.30 bits per heavy atom. The van der Waals surface area contributed by atoms with Gasteiger partial charge in [-0.05, 0) is 57.1 Å². The standard InChI is InChI=1S/C19H28FN5OS.C2H2O4/c1-15(24-11-3-2-4-12-24)18-22-23-19(27-14-10-21-9-13-26)25(18)17-7-5-16(20)6-8-17;3-1(4)2(5)6/h5-8,15,21,26H,2-4,9-14H2,1H3;(H,3,4)(H,5,6). The van der Waals surface area contributed by atoms with E-state index in [1.807, 2.05) is 0 Å². The molecule has 4 N–H and O–H groups in total. The van der Waals surface area contributed by atoms with Crippen LogP contribution in [0.15, 0.2) is 29.4 Å². The molecule has 1 atom stereocenters. The van der Waals surface area contributed by atoms with E-state index < -0.39 is 11.9 Å². The molecule has 3 rings (SSSR count).